The topological polar surface area (TPSA) is 233 Å². The molecule has 0 aliphatic carbocycles. The van der Waals surface area contributed by atoms with Crippen molar-refractivity contribution >= 4 is 33.1 Å². The van der Waals surface area contributed by atoms with Gasteiger partial charge in [0, 0.05) is 13.1 Å². The highest BCUT2D eigenvalue weighted by molar-refractivity contribution is 7.52. The van der Waals surface area contributed by atoms with Crippen LogP contribution in [0.15, 0.2) is 0 Å². The standard InChI is InChI=1S/C14H28N2O12P2/c1-9(2)5-10(13(19)20)16(11(14(21)22)6-12(17)18)4-3-15(7-29(23,24)25)8-30(26,27)28/h9-11H,3-8H2,1-2H3,(H,17,18)(H,19,20)(H,21,22)(H2,23,24,25)(H2,26,27,28). The molecule has 176 valence electrons. The van der Waals surface area contributed by atoms with Gasteiger partial charge in [-0.05, 0) is 12.3 Å². The van der Waals surface area contributed by atoms with Gasteiger partial charge >= 0.3 is 33.1 Å². The van der Waals surface area contributed by atoms with Crippen LogP contribution in [0.4, 0.5) is 0 Å². The minimum Gasteiger partial charge on any atom is -0.481 e. The van der Waals surface area contributed by atoms with Gasteiger partial charge in [0.05, 0.1) is 6.42 Å². The summed E-state index contributed by atoms with van der Waals surface area (Å²) in [4.78, 5) is 72.5. The van der Waals surface area contributed by atoms with Crippen LogP contribution < -0.4 is 0 Å². The van der Waals surface area contributed by atoms with Crippen LogP contribution in [-0.2, 0) is 23.5 Å². The van der Waals surface area contributed by atoms with Gasteiger partial charge < -0.3 is 34.9 Å². The molecule has 16 heteroatoms. The van der Waals surface area contributed by atoms with E-state index in [2.05, 4.69) is 0 Å². The zero-order valence-corrected chi connectivity index (χ0v) is 18.2. The number of hydrogen-bond donors (Lipinski definition) is 7. The number of hydrogen-bond acceptors (Lipinski definition) is 7. The first-order chi connectivity index (χ1) is 13.4. The molecule has 7 N–H and O–H groups in total. The minimum absolute atomic E-state index is 0.0598. The molecule has 0 aliphatic heterocycles. The van der Waals surface area contributed by atoms with Crippen molar-refractivity contribution in [1.82, 2.24) is 9.80 Å². The highest BCUT2D eigenvalue weighted by atomic mass is 31.2. The Balaban J connectivity index is 5.93. The van der Waals surface area contributed by atoms with Gasteiger partial charge in [0.2, 0.25) is 0 Å². The molecular weight excluding hydrogens is 450 g/mol. The van der Waals surface area contributed by atoms with E-state index in [4.69, 9.17) is 24.7 Å². The van der Waals surface area contributed by atoms with E-state index in [9.17, 15) is 33.7 Å². The molecule has 0 radical (unpaired) electrons. The average molecular weight is 478 g/mol. The molecule has 30 heavy (non-hydrogen) atoms. The third kappa shape index (κ3) is 12.4. The molecular formula is C14H28N2O12P2. The lowest BCUT2D eigenvalue weighted by molar-refractivity contribution is -0.156. The van der Waals surface area contributed by atoms with Crippen molar-refractivity contribution in [2.24, 2.45) is 5.92 Å². The molecule has 0 aromatic rings. The van der Waals surface area contributed by atoms with Crippen LogP contribution >= 0.6 is 15.2 Å². The molecule has 0 saturated heterocycles. The largest absolute Gasteiger partial charge is 0.481 e. The molecule has 2 atom stereocenters. The summed E-state index contributed by atoms with van der Waals surface area (Å²) >= 11 is 0. The molecule has 0 heterocycles. The van der Waals surface area contributed by atoms with Gasteiger partial charge in [-0.25, -0.2) is 0 Å². The van der Waals surface area contributed by atoms with Crippen LogP contribution in [0.2, 0.25) is 0 Å². The molecule has 2 unspecified atom stereocenters. The first-order valence-electron chi connectivity index (χ1n) is 8.67. The lowest BCUT2D eigenvalue weighted by Crippen LogP contribution is -2.54. The predicted octanol–water partition coefficient (Wildman–Crippen LogP) is -0.712. The van der Waals surface area contributed by atoms with Crippen molar-refractivity contribution in [2.75, 3.05) is 25.7 Å². The van der Waals surface area contributed by atoms with Crippen LogP contribution in [0.3, 0.4) is 0 Å². The summed E-state index contributed by atoms with van der Waals surface area (Å²) in [6.45, 7) is 2.28. The third-order valence-electron chi connectivity index (χ3n) is 3.88. The van der Waals surface area contributed by atoms with Gasteiger partial charge in [0.25, 0.3) is 0 Å². The van der Waals surface area contributed by atoms with Crippen LogP contribution in [0.1, 0.15) is 26.7 Å². The summed E-state index contributed by atoms with van der Waals surface area (Å²) in [5.74, 6) is -4.79. The summed E-state index contributed by atoms with van der Waals surface area (Å²) < 4.78 is 22.5. The smallest absolute Gasteiger partial charge is 0.339 e. The van der Waals surface area contributed by atoms with Crippen LogP contribution in [0, 0.1) is 5.92 Å². The Bertz CT molecular complexity index is 679. The van der Waals surface area contributed by atoms with Gasteiger partial charge in [0.1, 0.15) is 24.7 Å². The quantitative estimate of drug-likeness (QED) is 0.144. The maximum atomic E-state index is 11.7. The minimum atomic E-state index is -4.76. The highest BCUT2D eigenvalue weighted by Crippen LogP contribution is 2.40. The first-order valence-corrected chi connectivity index (χ1v) is 12.3. The Hall–Kier alpha value is -1.37. The van der Waals surface area contributed by atoms with Crippen LogP contribution in [0.5, 0.6) is 0 Å². The second kappa shape index (κ2) is 11.9. The molecule has 0 bridgehead atoms. The second-order valence-corrected chi connectivity index (χ2v) is 10.4. The van der Waals surface area contributed by atoms with Gasteiger partial charge in [-0.1, -0.05) is 13.8 Å². The van der Waals surface area contributed by atoms with Crippen molar-refractivity contribution in [1.29, 1.82) is 0 Å². The number of rotatable bonds is 15. The maximum absolute atomic E-state index is 11.7. The predicted molar refractivity (Wildman–Crippen MR) is 102 cm³/mol. The first kappa shape index (κ1) is 28.6. The van der Waals surface area contributed by atoms with Crippen LogP contribution in [0.25, 0.3) is 0 Å². The molecule has 0 aliphatic rings. The molecule has 0 saturated carbocycles. The number of carboxylic acids is 3. The van der Waals surface area contributed by atoms with E-state index in [0.717, 1.165) is 4.90 Å². The monoisotopic (exact) mass is 478 g/mol. The van der Waals surface area contributed by atoms with Gasteiger partial charge in [-0.15, -0.1) is 0 Å². The van der Waals surface area contributed by atoms with Gasteiger partial charge in [-0.3, -0.25) is 33.3 Å². The van der Waals surface area contributed by atoms with Crippen LogP contribution in [-0.4, -0.2) is 100 Å². The number of carbonyl (C=O) groups is 3. The van der Waals surface area contributed by atoms with Crippen molar-refractivity contribution in [3.63, 3.8) is 0 Å². The van der Waals surface area contributed by atoms with Crippen molar-refractivity contribution in [3.8, 4) is 0 Å². The molecule has 0 aromatic heterocycles. The van der Waals surface area contributed by atoms with E-state index in [1.54, 1.807) is 13.8 Å². The highest BCUT2D eigenvalue weighted by Gasteiger charge is 2.37. The zero-order valence-electron chi connectivity index (χ0n) is 16.4. The number of aliphatic carboxylic acids is 3. The Kier molecular flexibility index (Phi) is 11.3. The summed E-state index contributed by atoms with van der Waals surface area (Å²) in [5, 5.41) is 28.0. The zero-order chi connectivity index (χ0) is 23.9. The molecule has 14 nitrogen and oxygen atoms in total. The Labute approximate surface area is 172 Å². The molecule has 0 fully saturated rings. The van der Waals surface area contributed by atoms with E-state index in [0.29, 0.717) is 4.90 Å². The summed E-state index contributed by atoms with van der Waals surface area (Å²) in [6, 6.07) is -3.23. The fourth-order valence-corrected chi connectivity index (χ4v) is 4.51. The Morgan fingerprint density at radius 3 is 1.53 bits per heavy atom. The second-order valence-electron chi connectivity index (χ2n) is 7.18. The fourth-order valence-electron chi connectivity index (χ4n) is 2.83. The Morgan fingerprint density at radius 2 is 1.23 bits per heavy atom. The molecule has 0 spiro atoms. The Morgan fingerprint density at radius 1 is 0.800 bits per heavy atom. The van der Waals surface area contributed by atoms with Gasteiger partial charge in [0.15, 0.2) is 0 Å². The lowest BCUT2D eigenvalue weighted by atomic mass is 9.99. The van der Waals surface area contributed by atoms with Gasteiger partial charge in [-0.2, -0.15) is 0 Å². The fraction of sp³-hybridized carbons (Fsp3) is 0.786. The SMILES string of the molecule is CC(C)CC(C(=O)O)N(CCN(CP(=O)(O)O)CP(=O)(O)O)C(CC(=O)O)C(=O)O. The van der Waals surface area contributed by atoms with E-state index < -0.39 is 77.3 Å². The molecule has 0 aromatic carbocycles. The maximum Gasteiger partial charge on any atom is 0.339 e. The molecule has 0 amide bonds. The van der Waals surface area contributed by atoms with Crippen molar-refractivity contribution < 1.29 is 58.4 Å². The molecule has 0 rings (SSSR count). The summed E-state index contributed by atoms with van der Waals surface area (Å²) in [5.41, 5.74) is 0. The summed E-state index contributed by atoms with van der Waals surface area (Å²) in [7, 11) is -9.52. The van der Waals surface area contributed by atoms with E-state index in [1.807, 2.05) is 0 Å². The lowest BCUT2D eigenvalue weighted by Gasteiger charge is -2.35. The van der Waals surface area contributed by atoms with Crippen molar-refractivity contribution in [2.45, 2.75) is 38.8 Å². The number of carboxylic acid groups (broad SMARTS) is 3. The average Bonchev–Trinajstić information content (AvgIpc) is 2.48. The van der Waals surface area contributed by atoms with E-state index in [1.165, 1.54) is 0 Å². The van der Waals surface area contributed by atoms with E-state index in [-0.39, 0.29) is 12.3 Å². The van der Waals surface area contributed by atoms with Crippen molar-refractivity contribution in [3.05, 3.63) is 0 Å². The summed E-state index contributed by atoms with van der Waals surface area (Å²) in [6.07, 6.45) is -3.14. The number of nitrogens with zero attached hydrogens (tertiary/aromatic N) is 2. The third-order valence-corrected chi connectivity index (χ3v) is 5.41. The normalized spacial score (nSPS) is 14.8. The van der Waals surface area contributed by atoms with E-state index >= 15 is 0 Å².